The van der Waals surface area contributed by atoms with Crippen LogP contribution in [0.5, 0.6) is 5.75 Å². The summed E-state index contributed by atoms with van der Waals surface area (Å²) in [5, 5.41) is 19.7. The fourth-order valence-corrected chi connectivity index (χ4v) is 4.78. The molecule has 2 N–H and O–H groups in total. The highest BCUT2D eigenvalue weighted by Crippen LogP contribution is 2.41. The van der Waals surface area contributed by atoms with Crippen LogP contribution < -0.4 is 0 Å². The second-order valence-corrected chi connectivity index (χ2v) is 8.48. The number of rotatable bonds is 5. The van der Waals surface area contributed by atoms with E-state index in [1.54, 1.807) is 12.1 Å². The van der Waals surface area contributed by atoms with E-state index in [0.717, 1.165) is 44.0 Å². The normalized spacial score (nSPS) is 11.3. The number of carboxylic acids is 1. The number of thiophene rings is 1. The Balaban J connectivity index is 1.89. The molecule has 4 rings (SSSR count). The second-order valence-electron chi connectivity index (χ2n) is 7.43. The van der Waals surface area contributed by atoms with Gasteiger partial charge in [0.15, 0.2) is 0 Å². The summed E-state index contributed by atoms with van der Waals surface area (Å²) in [5.74, 6) is -0.902. The third-order valence-corrected chi connectivity index (χ3v) is 6.29. The zero-order chi connectivity index (χ0) is 22.1. The Bertz CT molecular complexity index is 1340. The Morgan fingerprint density at radius 1 is 0.935 bits per heavy atom. The summed E-state index contributed by atoms with van der Waals surface area (Å²) in [6, 6.07) is 18.4. The number of benzene rings is 3. The summed E-state index contributed by atoms with van der Waals surface area (Å²) in [6.45, 7) is 3.89. The molecule has 154 valence electrons. The topological polar surface area (TPSA) is 74.6 Å². The number of hydrogen-bond donors (Lipinski definition) is 2. The molecule has 0 aliphatic carbocycles. The molecule has 0 bridgehead atoms. The molecule has 5 heteroatoms. The maximum Gasteiger partial charge on any atom is 0.328 e. The Hall–Kier alpha value is -3.70. The van der Waals surface area contributed by atoms with E-state index in [9.17, 15) is 14.7 Å². The van der Waals surface area contributed by atoms with Crippen LogP contribution in [0.3, 0.4) is 0 Å². The highest BCUT2D eigenvalue weighted by Gasteiger charge is 2.22. The lowest BCUT2D eigenvalue weighted by molar-refractivity contribution is -0.131. The van der Waals surface area contributed by atoms with E-state index in [0.29, 0.717) is 10.4 Å². The van der Waals surface area contributed by atoms with E-state index in [1.807, 2.05) is 62.4 Å². The van der Waals surface area contributed by atoms with Gasteiger partial charge in [-0.2, -0.15) is 0 Å². The van der Waals surface area contributed by atoms with Crippen LogP contribution in [0.4, 0.5) is 0 Å². The molecule has 4 aromatic rings. The summed E-state index contributed by atoms with van der Waals surface area (Å²) >= 11 is 1.37. The summed E-state index contributed by atoms with van der Waals surface area (Å²) in [6.07, 6.45) is 2.62. The van der Waals surface area contributed by atoms with Gasteiger partial charge < -0.3 is 10.2 Å². The number of aliphatic carboxylic acids is 1. The number of hydrogen-bond acceptors (Lipinski definition) is 4. The van der Waals surface area contributed by atoms with Gasteiger partial charge in [0.2, 0.25) is 5.78 Å². The van der Waals surface area contributed by atoms with Crippen LogP contribution in [0.2, 0.25) is 0 Å². The molecule has 0 spiro atoms. The number of aromatic hydroxyl groups is 1. The molecular weight excluding hydrogens is 408 g/mol. The molecule has 0 saturated heterocycles. The molecule has 1 heterocycles. The van der Waals surface area contributed by atoms with Gasteiger partial charge in [-0.05, 0) is 60.9 Å². The quantitative estimate of drug-likeness (QED) is 0.292. The van der Waals surface area contributed by atoms with Crippen LogP contribution in [0.25, 0.3) is 27.3 Å². The van der Waals surface area contributed by atoms with Crippen LogP contribution >= 0.6 is 11.3 Å². The fraction of sp³-hybridized carbons (Fsp3) is 0.0769. The Morgan fingerprint density at radius 2 is 1.68 bits per heavy atom. The van der Waals surface area contributed by atoms with Gasteiger partial charge in [-0.3, -0.25) is 4.79 Å². The van der Waals surface area contributed by atoms with Crippen molar-refractivity contribution in [2.24, 2.45) is 0 Å². The van der Waals surface area contributed by atoms with Crippen molar-refractivity contribution in [2.45, 2.75) is 13.8 Å². The molecule has 0 fully saturated rings. The Labute approximate surface area is 183 Å². The van der Waals surface area contributed by atoms with Gasteiger partial charge in [0, 0.05) is 27.3 Å². The van der Waals surface area contributed by atoms with Crippen molar-refractivity contribution in [3.63, 3.8) is 0 Å². The first-order valence-electron chi connectivity index (χ1n) is 9.72. The average Bonchev–Trinajstić information content (AvgIpc) is 3.12. The van der Waals surface area contributed by atoms with E-state index in [4.69, 9.17) is 5.11 Å². The van der Waals surface area contributed by atoms with Gasteiger partial charge in [-0.1, -0.05) is 42.0 Å². The minimum absolute atomic E-state index is 0.0493. The van der Waals surface area contributed by atoms with Gasteiger partial charge in [-0.25, -0.2) is 4.79 Å². The first kappa shape index (κ1) is 20.6. The average molecular weight is 429 g/mol. The van der Waals surface area contributed by atoms with Crippen LogP contribution in [-0.2, 0) is 4.79 Å². The molecule has 3 aromatic carbocycles. The zero-order valence-corrected chi connectivity index (χ0v) is 17.9. The lowest BCUT2D eigenvalue weighted by Gasteiger charge is -2.09. The molecule has 4 nitrogen and oxygen atoms in total. The SMILES string of the molecule is Cc1ccc(C)c(C(=O)c2sc3cc(O)ccc3c2-c2ccc(/C=C/C(=O)O)cc2)c1. The molecule has 0 unspecified atom stereocenters. The van der Waals surface area contributed by atoms with Crippen molar-refractivity contribution in [1.29, 1.82) is 0 Å². The summed E-state index contributed by atoms with van der Waals surface area (Å²) in [5.41, 5.74) is 5.03. The Morgan fingerprint density at radius 3 is 2.39 bits per heavy atom. The molecule has 0 aliphatic heterocycles. The highest BCUT2D eigenvalue weighted by molar-refractivity contribution is 7.21. The molecule has 1 aromatic heterocycles. The smallest absolute Gasteiger partial charge is 0.328 e. The molecule has 0 amide bonds. The molecule has 0 radical (unpaired) electrons. The van der Waals surface area contributed by atoms with Gasteiger partial charge in [0.1, 0.15) is 5.75 Å². The fourth-order valence-electron chi connectivity index (χ4n) is 3.56. The summed E-state index contributed by atoms with van der Waals surface area (Å²) in [7, 11) is 0. The Kier molecular flexibility index (Phi) is 5.44. The number of carbonyl (C=O) groups is 2. The molecular formula is C26H20O4S. The first-order valence-corrected chi connectivity index (χ1v) is 10.5. The van der Waals surface area contributed by atoms with Crippen LogP contribution in [0, 0.1) is 13.8 Å². The minimum Gasteiger partial charge on any atom is -0.508 e. The molecule has 0 saturated carbocycles. The third-order valence-electron chi connectivity index (χ3n) is 5.14. The third kappa shape index (κ3) is 4.13. The summed E-state index contributed by atoms with van der Waals surface area (Å²) in [4.78, 5) is 25.0. The largest absolute Gasteiger partial charge is 0.508 e. The van der Waals surface area contributed by atoms with Crippen molar-refractivity contribution in [1.82, 2.24) is 0 Å². The standard InChI is InChI=1S/C26H20O4S/c1-15-3-4-16(2)21(13-15)25(30)26-24(20-11-10-19(27)14-22(20)31-26)18-8-5-17(6-9-18)7-12-23(28)29/h3-14,27H,1-2H3,(H,28,29)/b12-7+. The van der Waals surface area contributed by atoms with E-state index in [-0.39, 0.29) is 11.5 Å². The highest BCUT2D eigenvalue weighted by atomic mass is 32.1. The van der Waals surface area contributed by atoms with E-state index >= 15 is 0 Å². The van der Waals surface area contributed by atoms with E-state index in [2.05, 4.69) is 0 Å². The van der Waals surface area contributed by atoms with Gasteiger partial charge in [0.25, 0.3) is 0 Å². The van der Waals surface area contributed by atoms with E-state index in [1.165, 1.54) is 17.4 Å². The number of phenols is 1. The van der Waals surface area contributed by atoms with E-state index < -0.39 is 5.97 Å². The van der Waals surface area contributed by atoms with Crippen molar-refractivity contribution >= 4 is 39.3 Å². The number of carbonyl (C=O) groups excluding carboxylic acids is 1. The van der Waals surface area contributed by atoms with Crippen molar-refractivity contribution < 1.29 is 19.8 Å². The van der Waals surface area contributed by atoms with Gasteiger partial charge in [-0.15, -0.1) is 11.3 Å². The molecule has 0 aliphatic rings. The second kappa shape index (κ2) is 8.20. The van der Waals surface area contributed by atoms with Crippen molar-refractivity contribution in [3.05, 3.63) is 93.9 Å². The number of phenolic OH excluding ortho intramolecular Hbond substituents is 1. The number of carboxylic acid groups (broad SMARTS) is 1. The van der Waals surface area contributed by atoms with Gasteiger partial charge in [0.05, 0.1) is 4.88 Å². The predicted molar refractivity (Wildman–Crippen MR) is 125 cm³/mol. The molecule has 0 atom stereocenters. The van der Waals surface area contributed by atoms with Gasteiger partial charge >= 0.3 is 5.97 Å². The molecule has 31 heavy (non-hydrogen) atoms. The number of fused-ring (bicyclic) bond motifs is 1. The maximum absolute atomic E-state index is 13.6. The lowest BCUT2D eigenvalue weighted by atomic mass is 9.95. The first-order chi connectivity index (χ1) is 14.8. The zero-order valence-electron chi connectivity index (χ0n) is 17.0. The van der Waals surface area contributed by atoms with Crippen LogP contribution in [0.1, 0.15) is 31.9 Å². The van der Waals surface area contributed by atoms with Crippen molar-refractivity contribution in [2.75, 3.05) is 0 Å². The van der Waals surface area contributed by atoms with Crippen molar-refractivity contribution in [3.8, 4) is 16.9 Å². The summed E-state index contributed by atoms with van der Waals surface area (Å²) < 4.78 is 0.832. The maximum atomic E-state index is 13.6. The predicted octanol–water partition coefficient (Wildman–Crippen LogP) is 6.22. The van der Waals surface area contributed by atoms with Crippen LogP contribution in [-0.4, -0.2) is 22.0 Å². The monoisotopic (exact) mass is 428 g/mol. The number of ketones is 1. The van der Waals surface area contributed by atoms with Crippen LogP contribution in [0.15, 0.2) is 66.7 Å². The lowest BCUT2D eigenvalue weighted by Crippen LogP contribution is -2.03. The number of aryl methyl sites for hydroxylation is 2. The minimum atomic E-state index is -1.01.